The van der Waals surface area contributed by atoms with Crippen LogP contribution in [0.3, 0.4) is 0 Å². The summed E-state index contributed by atoms with van der Waals surface area (Å²) in [4.78, 5) is 20.3. The zero-order valence-electron chi connectivity index (χ0n) is 11.3. The highest BCUT2D eigenvalue weighted by atomic mass is 32.1. The van der Waals surface area contributed by atoms with Crippen molar-refractivity contribution in [3.05, 3.63) is 59.7 Å². The number of ether oxygens (including phenoxy) is 1. The molecule has 0 aliphatic rings. The van der Waals surface area contributed by atoms with E-state index in [0.29, 0.717) is 5.56 Å². The molecule has 0 atom stereocenters. The van der Waals surface area contributed by atoms with Gasteiger partial charge in [0, 0.05) is 28.9 Å². The highest BCUT2D eigenvalue weighted by Gasteiger charge is 2.10. The van der Waals surface area contributed by atoms with Crippen LogP contribution < -0.4 is 0 Å². The first kappa shape index (κ1) is 13.5. The van der Waals surface area contributed by atoms with Gasteiger partial charge in [0.2, 0.25) is 0 Å². The van der Waals surface area contributed by atoms with Gasteiger partial charge < -0.3 is 4.74 Å². The highest BCUT2D eigenvalue weighted by Crippen LogP contribution is 2.29. The Kier molecular flexibility index (Phi) is 3.75. The van der Waals surface area contributed by atoms with Crippen molar-refractivity contribution in [1.29, 1.82) is 0 Å². The molecule has 21 heavy (non-hydrogen) atoms. The van der Waals surface area contributed by atoms with Gasteiger partial charge in [0.05, 0.1) is 18.4 Å². The van der Waals surface area contributed by atoms with Crippen LogP contribution in [0.25, 0.3) is 21.8 Å². The van der Waals surface area contributed by atoms with Crippen LogP contribution >= 0.6 is 11.3 Å². The summed E-state index contributed by atoms with van der Waals surface area (Å²) in [5, 5.41) is 2.84. The topological polar surface area (TPSA) is 52.1 Å². The Morgan fingerprint density at radius 3 is 2.81 bits per heavy atom. The maximum atomic E-state index is 11.6. The van der Waals surface area contributed by atoms with Gasteiger partial charge in [-0.25, -0.2) is 9.78 Å². The molecule has 0 bridgehead atoms. The minimum absolute atomic E-state index is 0.346. The van der Waals surface area contributed by atoms with Crippen LogP contribution in [0.1, 0.15) is 10.4 Å². The van der Waals surface area contributed by atoms with E-state index in [1.54, 1.807) is 24.5 Å². The van der Waals surface area contributed by atoms with Crippen LogP contribution in [0, 0.1) is 0 Å². The summed E-state index contributed by atoms with van der Waals surface area (Å²) in [5.41, 5.74) is 3.28. The van der Waals surface area contributed by atoms with Crippen molar-refractivity contribution in [3.63, 3.8) is 0 Å². The summed E-state index contributed by atoms with van der Waals surface area (Å²) < 4.78 is 4.74. The third kappa shape index (κ3) is 2.83. The fourth-order valence-corrected chi connectivity index (χ4v) is 2.78. The number of hydrogen-bond donors (Lipinski definition) is 0. The summed E-state index contributed by atoms with van der Waals surface area (Å²) in [5.74, 6) is -0.346. The van der Waals surface area contributed by atoms with E-state index in [-0.39, 0.29) is 5.97 Å². The number of rotatable bonds is 3. The van der Waals surface area contributed by atoms with Gasteiger partial charge in [-0.3, -0.25) is 4.98 Å². The molecule has 0 spiro atoms. The Morgan fingerprint density at radius 2 is 2.05 bits per heavy atom. The molecular weight excluding hydrogens is 284 g/mol. The lowest BCUT2D eigenvalue weighted by Gasteiger charge is -2.01. The molecule has 5 heteroatoms. The van der Waals surface area contributed by atoms with Gasteiger partial charge in [0.15, 0.2) is 0 Å². The average Bonchev–Trinajstić information content (AvgIpc) is 3.05. The Morgan fingerprint density at radius 1 is 1.19 bits per heavy atom. The predicted molar refractivity (Wildman–Crippen MR) is 82.1 cm³/mol. The van der Waals surface area contributed by atoms with Crippen LogP contribution in [-0.4, -0.2) is 23.0 Å². The number of carbonyl (C=O) groups excluding carboxylic acids is 1. The second-order valence-electron chi connectivity index (χ2n) is 4.35. The number of aromatic nitrogens is 2. The molecule has 4 nitrogen and oxygen atoms in total. The van der Waals surface area contributed by atoms with Crippen molar-refractivity contribution < 1.29 is 9.53 Å². The van der Waals surface area contributed by atoms with E-state index in [9.17, 15) is 4.79 Å². The molecule has 0 saturated heterocycles. The number of pyridine rings is 1. The molecule has 1 aromatic carbocycles. The van der Waals surface area contributed by atoms with E-state index in [0.717, 1.165) is 21.8 Å². The molecule has 0 aliphatic heterocycles. The van der Waals surface area contributed by atoms with Gasteiger partial charge in [-0.15, -0.1) is 11.3 Å². The molecule has 104 valence electrons. The molecule has 3 aromatic rings. The molecule has 2 aromatic heterocycles. The Bertz CT molecular complexity index is 769. The van der Waals surface area contributed by atoms with Crippen molar-refractivity contribution >= 4 is 17.3 Å². The molecule has 3 rings (SSSR count). The Balaban J connectivity index is 1.95. The Hall–Kier alpha value is -2.53. The first-order chi connectivity index (χ1) is 10.3. The van der Waals surface area contributed by atoms with Gasteiger partial charge in [-0.1, -0.05) is 12.1 Å². The van der Waals surface area contributed by atoms with E-state index >= 15 is 0 Å². The van der Waals surface area contributed by atoms with Crippen molar-refractivity contribution in [3.8, 4) is 21.8 Å². The largest absolute Gasteiger partial charge is 0.465 e. The number of esters is 1. The van der Waals surface area contributed by atoms with Gasteiger partial charge in [-0.2, -0.15) is 0 Å². The van der Waals surface area contributed by atoms with Crippen LogP contribution in [0.4, 0.5) is 0 Å². The summed E-state index contributed by atoms with van der Waals surface area (Å²) >= 11 is 1.53. The van der Waals surface area contributed by atoms with Gasteiger partial charge in [-0.05, 0) is 24.3 Å². The molecular formula is C16H12N2O2S. The lowest BCUT2D eigenvalue weighted by atomic mass is 10.1. The van der Waals surface area contributed by atoms with Gasteiger partial charge in [0.25, 0.3) is 0 Å². The fourth-order valence-electron chi connectivity index (χ4n) is 1.95. The van der Waals surface area contributed by atoms with Crippen LogP contribution in [0.2, 0.25) is 0 Å². The van der Waals surface area contributed by atoms with E-state index in [2.05, 4.69) is 9.97 Å². The first-order valence-electron chi connectivity index (χ1n) is 6.32. The number of carbonyl (C=O) groups is 1. The zero-order valence-corrected chi connectivity index (χ0v) is 12.1. The lowest BCUT2D eigenvalue weighted by Crippen LogP contribution is -2.00. The number of benzene rings is 1. The summed E-state index contributed by atoms with van der Waals surface area (Å²) in [6, 6.07) is 11.1. The lowest BCUT2D eigenvalue weighted by molar-refractivity contribution is 0.0601. The van der Waals surface area contributed by atoms with E-state index in [4.69, 9.17) is 4.74 Å². The minimum atomic E-state index is -0.346. The number of thiazole rings is 1. The average molecular weight is 296 g/mol. The van der Waals surface area contributed by atoms with Crippen LogP contribution in [0.15, 0.2) is 54.2 Å². The number of nitrogens with zero attached hydrogens (tertiary/aromatic N) is 2. The van der Waals surface area contributed by atoms with Crippen molar-refractivity contribution in [1.82, 2.24) is 9.97 Å². The SMILES string of the molecule is COC(=O)c1cccc(-c2nc(-c3cccnc3)cs2)c1. The van der Waals surface area contributed by atoms with Crippen molar-refractivity contribution in [2.75, 3.05) is 7.11 Å². The molecule has 2 heterocycles. The highest BCUT2D eigenvalue weighted by molar-refractivity contribution is 7.13. The normalized spacial score (nSPS) is 10.3. The van der Waals surface area contributed by atoms with Gasteiger partial charge >= 0.3 is 5.97 Å². The third-order valence-electron chi connectivity index (χ3n) is 2.99. The molecule has 0 fully saturated rings. The monoisotopic (exact) mass is 296 g/mol. The van der Waals surface area contributed by atoms with Crippen molar-refractivity contribution in [2.24, 2.45) is 0 Å². The van der Waals surface area contributed by atoms with Crippen LogP contribution in [-0.2, 0) is 4.74 Å². The molecule has 0 saturated carbocycles. The van der Waals surface area contributed by atoms with E-state index < -0.39 is 0 Å². The predicted octanol–water partition coefficient (Wildman–Crippen LogP) is 3.66. The second-order valence-corrected chi connectivity index (χ2v) is 5.21. The van der Waals surface area contributed by atoms with E-state index in [1.807, 2.05) is 29.6 Å². The minimum Gasteiger partial charge on any atom is -0.465 e. The first-order valence-corrected chi connectivity index (χ1v) is 7.20. The maximum absolute atomic E-state index is 11.6. The molecule has 0 N–H and O–H groups in total. The van der Waals surface area contributed by atoms with Crippen LogP contribution in [0.5, 0.6) is 0 Å². The number of methoxy groups -OCH3 is 1. The molecule has 0 aliphatic carbocycles. The molecule has 0 amide bonds. The van der Waals surface area contributed by atoms with Crippen molar-refractivity contribution in [2.45, 2.75) is 0 Å². The number of hydrogen-bond acceptors (Lipinski definition) is 5. The standard InChI is InChI=1S/C16H12N2O2S/c1-20-16(19)12-5-2-4-11(8-12)15-18-14(10-21-15)13-6-3-7-17-9-13/h2-10H,1H3. The molecule has 0 unspecified atom stereocenters. The summed E-state index contributed by atoms with van der Waals surface area (Å²) in [7, 11) is 1.37. The smallest absolute Gasteiger partial charge is 0.337 e. The Labute approximate surface area is 126 Å². The van der Waals surface area contributed by atoms with E-state index in [1.165, 1.54) is 18.4 Å². The fraction of sp³-hybridized carbons (Fsp3) is 0.0625. The zero-order chi connectivity index (χ0) is 14.7. The second kappa shape index (κ2) is 5.85. The third-order valence-corrected chi connectivity index (χ3v) is 3.88. The van der Waals surface area contributed by atoms with Gasteiger partial charge in [0.1, 0.15) is 5.01 Å². The quantitative estimate of drug-likeness (QED) is 0.692. The summed E-state index contributed by atoms with van der Waals surface area (Å²) in [6.45, 7) is 0. The summed E-state index contributed by atoms with van der Waals surface area (Å²) in [6.07, 6.45) is 3.51. The molecule has 0 radical (unpaired) electrons. The maximum Gasteiger partial charge on any atom is 0.337 e.